The van der Waals surface area contributed by atoms with Crippen LogP contribution in [0.5, 0.6) is 0 Å². The molecule has 0 aliphatic carbocycles. The second-order valence-electron chi connectivity index (χ2n) is 6.88. The van der Waals surface area contributed by atoms with E-state index in [0.29, 0.717) is 0 Å². The minimum absolute atomic E-state index is 0.0874. The Morgan fingerprint density at radius 2 is 2.08 bits per heavy atom. The fourth-order valence-electron chi connectivity index (χ4n) is 3.68. The number of likely N-dealkylation sites (N-methyl/N-ethyl adjacent to an activating group) is 1. The minimum Gasteiger partial charge on any atom is -0.374 e. The van der Waals surface area contributed by atoms with E-state index in [1.165, 1.54) is 11.3 Å². The normalized spacial score (nSPS) is 21.5. The van der Waals surface area contributed by atoms with Gasteiger partial charge in [-0.1, -0.05) is 11.3 Å². The summed E-state index contributed by atoms with van der Waals surface area (Å²) in [4.78, 5) is 2.35. The number of ether oxygens (including phenoxy) is 1. The van der Waals surface area contributed by atoms with Crippen LogP contribution < -0.4 is 5.32 Å². The smallest absolute Gasteiger partial charge is 0.113 e. The Hall–Kier alpha value is -2.29. The van der Waals surface area contributed by atoms with Gasteiger partial charge in [0.25, 0.3) is 0 Å². The van der Waals surface area contributed by atoms with Gasteiger partial charge in [-0.2, -0.15) is 5.10 Å². The summed E-state index contributed by atoms with van der Waals surface area (Å²) in [5.41, 5.74) is 4.34. The number of benzene rings is 1. The molecule has 138 valence electrons. The molecule has 26 heavy (non-hydrogen) atoms. The highest BCUT2D eigenvalue weighted by molar-refractivity contribution is 5.74. The van der Waals surface area contributed by atoms with Crippen LogP contribution in [0.2, 0.25) is 0 Å². The Morgan fingerprint density at radius 1 is 1.19 bits per heavy atom. The Kier molecular flexibility index (Phi) is 4.71. The molecule has 4 rings (SSSR count). The first-order chi connectivity index (χ1) is 12.6. The lowest BCUT2D eigenvalue weighted by molar-refractivity contribution is -0.0638. The van der Waals surface area contributed by atoms with Crippen LogP contribution in [0.15, 0.2) is 30.5 Å². The summed E-state index contributed by atoms with van der Waals surface area (Å²) in [6.45, 7) is 3.23. The molecule has 2 aromatic heterocycles. The molecule has 3 aromatic rings. The quantitative estimate of drug-likeness (QED) is 0.732. The molecule has 0 radical (unpaired) electrons. The predicted octanol–water partition coefficient (Wildman–Crippen LogP) is 0.863. The summed E-state index contributed by atoms with van der Waals surface area (Å²) in [7, 11) is 6.04. The largest absolute Gasteiger partial charge is 0.374 e. The van der Waals surface area contributed by atoms with Gasteiger partial charge in [-0.3, -0.25) is 9.58 Å². The molecule has 1 aromatic carbocycles. The van der Waals surface area contributed by atoms with Gasteiger partial charge in [0.05, 0.1) is 30.0 Å². The molecule has 1 N–H and O–H groups in total. The summed E-state index contributed by atoms with van der Waals surface area (Å²) in [5, 5.41) is 16.1. The zero-order chi connectivity index (χ0) is 18.1. The maximum absolute atomic E-state index is 6.08. The van der Waals surface area contributed by atoms with Crippen molar-refractivity contribution >= 4 is 11.0 Å². The van der Waals surface area contributed by atoms with Gasteiger partial charge in [-0.05, 0) is 30.8 Å². The first-order valence-electron chi connectivity index (χ1n) is 8.92. The summed E-state index contributed by atoms with van der Waals surface area (Å²) < 4.78 is 9.80. The SMILES string of the molecule is CN1CCO[C@@H](CNCc2ccc3c(c2)nnn3C)[C@@H]1c1ccnn1C. The van der Waals surface area contributed by atoms with Gasteiger partial charge in [0.2, 0.25) is 0 Å². The van der Waals surface area contributed by atoms with Gasteiger partial charge in [0, 0.05) is 39.9 Å². The van der Waals surface area contributed by atoms with Crippen LogP contribution >= 0.6 is 0 Å². The molecular formula is C18H25N7O. The first-order valence-corrected chi connectivity index (χ1v) is 8.92. The predicted molar refractivity (Wildman–Crippen MR) is 98.5 cm³/mol. The van der Waals surface area contributed by atoms with Crippen LogP contribution in [-0.4, -0.2) is 62.5 Å². The van der Waals surface area contributed by atoms with Crippen molar-refractivity contribution in [2.45, 2.75) is 18.7 Å². The third-order valence-electron chi connectivity index (χ3n) is 5.11. The molecule has 1 saturated heterocycles. The highest BCUT2D eigenvalue weighted by Crippen LogP contribution is 2.27. The standard InChI is InChI=1S/C18H25N7O/c1-23-8-9-26-17(18(23)16-6-7-20-24(16)2)12-19-11-13-4-5-15-14(10-13)21-22-25(15)3/h4-7,10,17-19H,8-9,11-12H2,1-3H3/t17-,18-/m0/s1. The number of nitrogens with one attached hydrogen (secondary N) is 1. The van der Waals surface area contributed by atoms with Gasteiger partial charge >= 0.3 is 0 Å². The zero-order valence-electron chi connectivity index (χ0n) is 15.5. The van der Waals surface area contributed by atoms with E-state index in [2.05, 4.69) is 56.9 Å². The molecule has 0 saturated carbocycles. The monoisotopic (exact) mass is 355 g/mol. The van der Waals surface area contributed by atoms with Crippen LogP contribution in [0, 0.1) is 0 Å². The molecule has 8 heteroatoms. The minimum atomic E-state index is 0.0874. The van der Waals surface area contributed by atoms with Crippen molar-refractivity contribution in [2.75, 3.05) is 26.7 Å². The van der Waals surface area contributed by atoms with E-state index in [-0.39, 0.29) is 12.1 Å². The molecular weight excluding hydrogens is 330 g/mol. The molecule has 0 bridgehead atoms. The fourth-order valence-corrected chi connectivity index (χ4v) is 3.68. The van der Waals surface area contributed by atoms with E-state index in [9.17, 15) is 0 Å². The van der Waals surface area contributed by atoms with Crippen LogP contribution in [-0.2, 0) is 25.4 Å². The van der Waals surface area contributed by atoms with E-state index in [1.54, 1.807) is 4.68 Å². The fraction of sp³-hybridized carbons (Fsp3) is 0.500. The van der Waals surface area contributed by atoms with Crippen LogP contribution in [0.3, 0.4) is 0 Å². The molecule has 3 heterocycles. The van der Waals surface area contributed by atoms with E-state index < -0.39 is 0 Å². The van der Waals surface area contributed by atoms with Gasteiger partial charge in [0.15, 0.2) is 0 Å². The molecule has 1 fully saturated rings. The molecule has 1 aliphatic rings. The Labute approximate surface area is 152 Å². The average Bonchev–Trinajstić information content (AvgIpc) is 3.21. The number of nitrogens with zero attached hydrogens (tertiary/aromatic N) is 6. The average molecular weight is 355 g/mol. The number of hydrogen-bond acceptors (Lipinski definition) is 6. The number of morpholine rings is 1. The highest BCUT2D eigenvalue weighted by Gasteiger charge is 2.33. The van der Waals surface area contributed by atoms with Gasteiger partial charge in [-0.25, -0.2) is 4.68 Å². The zero-order valence-corrected chi connectivity index (χ0v) is 15.5. The Bertz CT molecular complexity index is 887. The van der Waals surface area contributed by atoms with Crippen molar-refractivity contribution in [3.63, 3.8) is 0 Å². The lowest BCUT2D eigenvalue weighted by Gasteiger charge is -2.39. The lowest BCUT2D eigenvalue weighted by atomic mass is 10.0. The lowest BCUT2D eigenvalue weighted by Crippen LogP contribution is -2.48. The van der Waals surface area contributed by atoms with Crippen molar-refractivity contribution in [3.8, 4) is 0 Å². The van der Waals surface area contributed by atoms with Crippen molar-refractivity contribution in [1.29, 1.82) is 0 Å². The number of aryl methyl sites for hydroxylation is 2. The number of aromatic nitrogens is 5. The Balaban J connectivity index is 1.42. The van der Waals surface area contributed by atoms with Crippen LogP contribution in [0.4, 0.5) is 0 Å². The van der Waals surface area contributed by atoms with Gasteiger partial charge in [-0.15, -0.1) is 5.10 Å². The van der Waals surface area contributed by atoms with Gasteiger partial charge in [0.1, 0.15) is 5.52 Å². The van der Waals surface area contributed by atoms with Crippen LogP contribution in [0.1, 0.15) is 17.3 Å². The third kappa shape index (κ3) is 3.23. The first kappa shape index (κ1) is 17.1. The molecule has 8 nitrogen and oxygen atoms in total. The second kappa shape index (κ2) is 7.14. The summed E-state index contributed by atoms with van der Waals surface area (Å²) in [6, 6.07) is 8.54. The summed E-state index contributed by atoms with van der Waals surface area (Å²) in [6.07, 6.45) is 1.93. The van der Waals surface area contributed by atoms with E-state index in [0.717, 1.165) is 37.3 Å². The summed E-state index contributed by atoms with van der Waals surface area (Å²) >= 11 is 0. The maximum Gasteiger partial charge on any atom is 0.113 e. The molecule has 0 unspecified atom stereocenters. The number of rotatable bonds is 5. The topological polar surface area (TPSA) is 73.0 Å². The van der Waals surface area contributed by atoms with E-state index in [4.69, 9.17) is 4.74 Å². The molecule has 0 spiro atoms. The molecule has 1 aliphatic heterocycles. The van der Waals surface area contributed by atoms with E-state index in [1.807, 2.05) is 25.0 Å². The van der Waals surface area contributed by atoms with Crippen molar-refractivity contribution in [1.82, 2.24) is 35.0 Å². The second-order valence-corrected chi connectivity index (χ2v) is 6.88. The van der Waals surface area contributed by atoms with E-state index >= 15 is 0 Å². The molecule has 2 atom stereocenters. The van der Waals surface area contributed by atoms with Crippen molar-refractivity contribution in [2.24, 2.45) is 14.1 Å². The van der Waals surface area contributed by atoms with Gasteiger partial charge < -0.3 is 10.1 Å². The van der Waals surface area contributed by atoms with Crippen molar-refractivity contribution in [3.05, 3.63) is 41.7 Å². The third-order valence-corrected chi connectivity index (χ3v) is 5.11. The number of fused-ring (bicyclic) bond motifs is 1. The molecule has 0 amide bonds. The Morgan fingerprint density at radius 3 is 2.88 bits per heavy atom. The number of hydrogen-bond donors (Lipinski definition) is 1. The maximum atomic E-state index is 6.08. The summed E-state index contributed by atoms with van der Waals surface area (Å²) in [5.74, 6) is 0. The van der Waals surface area contributed by atoms with Crippen molar-refractivity contribution < 1.29 is 4.74 Å². The highest BCUT2D eigenvalue weighted by atomic mass is 16.5. The van der Waals surface area contributed by atoms with Crippen LogP contribution in [0.25, 0.3) is 11.0 Å².